The minimum Gasteiger partial charge on any atom is -0.378 e. The first-order valence-electron chi connectivity index (χ1n) is 5.72. The predicted molar refractivity (Wildman–Crippen MR) is 68.0 cm³/mol. The molecule has 1 saturated heterocycles. The van der Waals surface area contributed by atoms with Gasteiger partial charge in [0.25, 0.3) is 0 Å². The number of aryl methyl sites for hydroxylation is 1. The van der Waals surface area contributed by atoms with E-state index in [0.717, 1.165) is 48.1 Å². The molecule has 4 nitrogen and oxygen atoms in total. The zero-order chi connectivity index (χ0) is 11.8. The largest absolute Gasteiger partial charge is 0.378 e. The maximum Gasteiger partial charge on any atom is 0.0744 e. The summed E-state index contributed by atoms with van der Waals surface area (Å²) in [7, 11) is 0. The van der Waals surface area contributed by atoms with Gasteiger partial charge in [-0.05, 0) is 18.6 Å². The summed E-state index contributed by atoms with van der Waals surface area (Å²) in [5, 5.41) is 5.10. The second-order valence-corrected chi connectivity index (χ2v) is 4.67. The Morgan fingerprint density at radius 1 is 1.35 bits per heavy atom. The van der Waals surface area contributed by atoms with E-state index < -0.39 is 0 Å². The lowest BCUT2D eigenvalue weighted by atomic mass is 10.2. The van der Waals surface area contributed by atoms with E-state index in [-0.39, 0.29) is 0 Å². The van der Waals surface area contributed by atoms with Crippen molar-refractivity contribution < 1.29 is 4.74 Å². The molecule has 0 radical (unpaired) electrons. The van der Waals surface area contributed by atoms with Crippen LogP contribution in [0.4, 0.5) is 5.69 Å². The maximum absolute atomic E-state index is 6.34. The molecule has 0 aliphatic carbocycles. The molecule has 0 atom stereocenters. The van der Waals surface area contributed by atoms with Crippen molar-refractivity contribution in [3.63, 3.8) is 0 Å². The molecule has 2 aromatic rings. The number of ether oxygens (including phenoxy) is 1. The average molecular weight is 252 g/mol. The zero-order valence-electron chi connectivity index (χ0n) is 9.69. The number of hydrogen-bond donors (Lipinski definition) is 0. The molecule has 3 rings (SSSR count). The molecule has 0 bridgehead atoms. The summed E-state index contributed by atoms with van der Waals surface area (Å²) >= 11 is 6.34. The SMILES string of the molecule is Cc1cnn2cc(N3CCOCC3)c(Cl)cc12. The van der Waals surface area contributed by atoms with Crippen LogP contribution in [0, 0.1) is 6.92 Å². The van der Waals surface area contributed by atoms with Crippen molar-refractivity contribution in [3.05, 3.63) is 29.0 Å². The van der Waals surface area contributed by atoms with Crippen molar-refractivity contribution in [2.24, 2.45) is 0 Å². The van der Waals surface area contributed by atoms with Gasteiger partial charge in [0.1, 0.15) is 0 Å². The van der Waals surface area contributed by atoms with Crippen LogP contribution in [0.5, 0.6) is 0 Å². The van der Waals surface area contributed by atoms with Gasteiger partial charge in [0.2, 0.25) is 0 Å². The van der Waals surface area contributed by atoms with Crippen molar-refractivity contribution in [3.8, 4) is 0 Å². The van der Waals surface area contributed by atoms with Crippen LogP contribution in [0.1, 0.15) is 5.56 Å². The van der Waals surface area contributed by atoms with E-state index >= 15 is 0 Å². The van der Waals surface area contributed by atoms with E-state index in [9.17, 15) is 0 Å². The Balaban J connectivity index is 2.06. The summed E-state index contributed by atoms with van der Waals surface area (Å²) in [6.45, 7) is 5.31. The summed E-state index contributed by atoms with van der Waals surface area (Å²) in [6, 6.07) is 1.98. The van der Waals surface area contributed by atoms with Crippen LogP contribution in [-0.2, 0) is 4.74 Å². The number of halogens is 1. The first-order chi connectivity index (χ1) is 8.25. The highest BCUT2D eigenvalue weighted by Gasteiger charge is 2.15. The third-order valence-corrected chi connectivity index (χ3v) is 3.43. The van der Waals surface area contributed by atoms with Gasteiger partial charge in [-0.15, -0.1) is 0 Å². The van der Waals surface area contributed by atoms with Crippen LogP contribution in [0.25, 0.3) is 5.52 Å². The van der Waals surface area contributed by atoms with E-state index in [2.05, 4.69) is 10.00 Å². The topological polar surface area (TPSA) is 29.8 Å². The van der Waals surface area contributed by atoms with Gasteiger partial charge in [0.05, 0.1) is 41.8 Å². The van der Waals surface area contributed by atoms with Crippen molar-refractivity contribution >= 4 is 22.8 Å². The van der Waals surface area contributed by atoms with E-state index in [1.807, 2.05) is 29.9 Å². The monoisotopic (exact) mass is 251 g/mol. The normalized spacial score (nSPS) is 16.7. The van der Waals surface area contributed by atoms with Crippen LogP contribution in [0.15, 0.2) is 18.5 Å². The Hall–Kier alpha value is -1.26. The van der Waals surface area contributed by atoms with E-state index in [1.165, 1.54) is 0 Å². The van der Waals surface area contributed by atoms with Gasteiger partial charge in [0.15, 0.2) is 0 Å². The lowest BCUT2D eigenvalue weighted by Crippen LogP contribution is -2.36. The third-order valence-electron chi connectivity index (χ3n) is 3.13. The van der Waals surface area contributed by atoms with Crippen LogP contribution >= 0.6 is 11.6 Å². The fourth-order valence-corrected chi connectivity index (χ4v) is 2.42. The number of fused-ring (bicyclic) bond motifs is 1. The summed E-state index contributed by atoms with van der Waals surface area (Å²) in [4.78, 5) is 2.24. The minimum atomic E-state index is 0.756. The molecule has 0 N–H and O–H groups in total. The van der Waals surface area contributed by atoms with E-state index in [0.29, 0.717) is 0 Å². The van der Waals surface area contributed by atoms with Crippen LogP contribution in [-0.4, -0.2) is 35.9 Å². The second kappa shape index (κ2) is 4.20. The summed E-state index contributed by atoms with van der Waals surface area (Å²) in [5.74, 6) is 0. The Labute approximate surface area is 105 Å². The van der Waals surface area contributed by atoms with Crippen LogP contribution in [0.2, 0.25) is 5.02 Å². The molecule has 0 unspecified atom stereocenters. The number of pyridine rings is 1. The van der Waals surface area contributed by atoms with Crippen molar-refractivity contribution in [2.45, 2.75) is 6.92 Å². The van der Waals surface area contributed by atoms with Crippen molar-refractivity contribution in [1.29, 1.82) is 0 Å². The number of morpholine rings is 1. The number of aromatic nitrogens is 2. The van der Waals surface area contributed by atoms with E-state index in [1.54, 1.807) is 0 Å². The maximum atomic E-state index is 6.34. The summed E-state index contributed by atoms with van der Waals surface area (Å²) in [6.07, 6.45) is 3.85. The van der Waals surface area contributed by atoms with Gasteiger partial charge in [0, 0.05) is 13.1 Å². The van der Waals surface area contributed by atoms with Gasteiger partial charge in [-0.3, -0.25) is 0 Å². The predicted octanol–water partition coefficient (Wildman–Crippen LogP) is 2.13. The van der Waals surface area contributed by atoms with Gasteiger partial charge < -0.3 is 9.64 Å². The smallest absolute Gasteiger partial charge is 0.0744 e. The standard InChI is InChI=1S/C12H14ClN3O/c1-9-7-14-16-8-12(10(13)6-11(9)16)15-2-4-17-5-3-15/h6-8H,2-5H2,1H3. The molecule has 2 aromatic heterocycles. The Morgan fingerprint density at radius 3 is 2.88 bits per heavy atom. The highest BCUT2D eigenvalue weighted by Crippen LogP contribution is 2.28. The molecule has 90 valence electrons. The summed E-state index contributed by atoms with van der Waals surface area (Å²) < 4.78 is 7.23. The molecular formula is C12H14ClN3O. The quantitative estimate of drug-likeness (QED) is 0.778. The average Bonchev–Trinajstić information content (AvgIpc) is 2.71. The Morgan fingerprint density at radius 2 is 2.12 bits per heavy atom. The minimum absolute atomic E-state index is 0.756. The van der Waals surface area contributed by atoms with Crippen LogP contribution < -0.4 is 4.90 Å². The fourth-order valence-electron chi connectivity index (χ4n) is 2.15. The third kappa shape index (κ3) is 1.87. The molecule has 1 aliphatic heterocycles. The lowest BCUT2D eigenvalue weighted by molar-refractivity contribution is 0.122. The molecule has 5 heteroatoms. The Bertz CT molecular complexity index is 546. The highest BCUT2D eigenvalue weighted by molar-refractivity contribution is 6.33. The molecule has 0 amide bonds. The number of anilines is 1. The molecule has 0 saturated carbocycles. The van der Waals surface area contributed by atoms with Crippen molar-refractivity contribution in [2.75, 3.05) is 31.2 Å². The number of hydrogen-bond acceptors (Lipinski definition) is 3. The van der Waals surface area contributed by atoms with Gasteiger partial charge in [-0.1, -0.05) is 11.6 Å². The fraction of sp³-hybridized carbons (Fsp3) is 0.417. The lowest BCUT2D eigenvalue weighted by Gasteiger charge is -2.29. The molecule has 0 aromatic carbocycles. The zero-order valence-corrected chi connectivity index (χ0v) is 10.4. The van der Waals surface area contributed by atoms with Crippen molar-refractivity contribution in [1.82, 2.24) is 9.61 Å². The molecular weight excluding hydrogens is 238 g/mol. The Kier molecular flexibility index (Phi) is 2.68. The van der Waals surface area contributed by atoms with Gasteiger partial charge in [-0.2, -0.15) is 5.10 Å². The summed E-state index contributed by atoms with van der Waals surface area (Å²) in [5.41, 5.74) is 3.23. The van der Waals surface area contributed by atoms with Gasteiger partial charge in [-0.25, -0.2) is 4.52 Å². The second-order valence-electron chi connectivity index (χ2n) is 4.26. The highest BCUT2D eigenvalue weighted by atomic mass is 35.5. The van der Waals surface area contributed by atoms with Crippen LogP contribution in [0.3, 0.4) is 0 Å². The number of rotatable bonds is 1. The molecule has 1 aliphatic rings. The number of nitrogens with zero attached hydrogens (tertiary/aromatic N) is 3. The van der Waals surface area contributed by atoms with E-state index in [4.69, 9.17) is 16.3 Å². The molecule has 0 spiro atoms. The first-order valence-corrected chi connectivity index (χ1v) is 6.10. The molecule has 17 heavy (non-hydrogen) atoms. The van der Waals surface area contributed by atoms with Gasteiger partial charge >= 0.3 is 0 Å². The first kappa shape index (κ1) is 10.9. The molecule has 3 heterocycles. The molecule has 1 fully saturated rings.